The highest BCUT2D eigenvalue weighted by Gasteiger charge is 2.30. The van der Waals surface area contributed by atoms with Crippen LogP contribution in [0.4, 0.5) is 8.78 Å². The largest absolute Gasteiger partial charge is 0.335 e. The van der Waals surface area contributed by atoms with E-state index in [1.54, 1.807) is 12.3 Å². The van der Waals surface area contributed by atoms with E-state index in [0.29, 0.717) is 17.8 Å². The lowest BCUT2D eigenvalue weighted by atomic mass is 10.2. The first-order valence-electron chi connectivity index (χ1n) is 7.73. The van der Waals surface area contributed by atoms with Gasteiger partial charge in [0.25, 0.3) is 0 Å². The van der Waals surface area contributed by atoms with Crippen molar-refractivity contribution in [1.29, 1.82) is 5.26 Å². The molecule has 1 aliphatic rings. The van der Waals surface area contributed by atoms with E-state index in [0.717, 1.165) is 35.9 Å². The molecule has 0 N–H and O–H groups in total. The molecular weight excluding hydrogens is 350 g/mol. The maximum atomic E-state index is 14.1. The second-order valence-corrected chi connectivity index (χ2v) is 7.92. The van der Waals surface area contributed by atoms with Gasteiger partial charge in [-0.25, -0.2) is 22.2 Å². The van der Waals surface area contributed by atoms with Gasteiger partial charge in [0.2, 0.25) is 10.0 Å². The van der Waals surface area contributed by atoms with Gasteiger partial charge >= 0.3 is 0 Å². The number of halogens is 2. The Kier molecular flexibility index (Phi) is 4.58. The zero-order valence-electron chi connectivity index (χ0n) is 13.5. The number of nitriles is 1. The SMILES string of the molecule is CN(Cc1cn2c(n1)CCCC2)S(=O)(=O)c1c(F)cc(C#N)cc1F. The molecular formula is C16H16F2N4O2S. The van der Waals surface area contributed by atoms with Gasteiger partial charge in [-0.15, -0.1) is 0 Å². The lowest BCUT2D eigenvalue weighted by Crippen LogP contribution is -2.28. The molecule has 3 rings (SSSR count). The lowest BCUT2D eigenvalue weighted by Gasteiger charge is -2.17. The minimum Gasteiger partial charge on any atom is -0.335 e. The number of sulfonamides is 1. The van der Waals surface area contributed by atoms with Crippen LogP contribution in [-0.2, 0) is 29.5 Å². The highest BCUT2D eigenvalue weighted by molar-refractivity contribution is 7.89. The molecule has 9 heteroatoms. The topological polar surface area (TPSA) is 79.0 Å². The van der Waals surface area contributed by atoms with Crippen LogP contribution in [0.1, 0.15) is 29.9 Å². The van der Waals surface area contributed by atoms with Crippen molar-refractivity contribution >= 4 is 10.0 Å². The summed E-state index contributed by atoms with van der Waals surface area (Å²) in [6.45, 7) is 0.735. The van der Waals surface area contributed by atoms with Gasteiger partial charge in [-0.05, 0) is 25.0 Å². The van der Waals surface area contributed by atoms with Gasteiger partial charge in [0.1, 0.15) is 17.5 Å². The number of hydrogen-bond donors (Lipinski definition) is 0. The van der Waals surface area contributed by atoms with E-state index in [4.69, 9.17) is 5.26 Å². The number of nitrogens with zero attached hydrogens (tertiary/aromatic N) is 4. The molecule has 132 valence electrons. The van der Waals surface area contributed by atoms with Gasteiger partial charge in [-0.1, -0.05) is 0 Å². The number of aryl methyl sites for hydroxylation is 2. The van der Waals surface area contributed by atoms with Gasteiger partial charge < -0.3 is 4.57 Å². The predicted molar refractivity (Wildman–Crippen MR) is 84.9 cm³/mol. The summed E-state index contributed by atoms with van der Waals surface area (Å²) < 4.78 is 56.1. The third kappa shape index (κ3) is 3.27. The number of hydrogen-bond acceptors (Lipinski definition) is 4. The maximum Gasteiger partial charge on any atom is 0.249 e. The molecule has 0 radical (unpaired) electrons. The molecule has 0 amide bonds. The number of imidazole rings is 1. The van der Waals surface area contributed by atoms with Crippen molar-refractivity contribution < 1.29 is 17.2 Å². The molecule has 0 atom stereocenters. The molecule has 1 aromatic heterocycles. The van der Waals surface area contributed by atoms with E-state index in [2.05, 4.69) is 4.98 Å². The van der Waals surface area contributed by atoms with Crippen molar-refractivity contribution in [3.63, 3.8) is 0 Å². The van der Waals surface area contributed by atoms with Crippen molar-refractivity contribution in [3.8, 4) is 6.07 Å². The summed E-state index contributed by atoms with van der Waals surface area (Å²) in [5.41, 5.74) is 0.246. The minimum absolute atomic E-state index is 0.0960. The first-order valence-corrected chi connectivity index (χ1v) is 9.17. The summed E-state index contributed by atoms with van der Waals surface area (Å²) in [5.74, 6) is -1.68. The van der Waals surface area contributed by atoms with Gasteiger partial charge in [-0.2, -0.15) is 9.57 Å². The fraction of sp³-hybridized carbons (Fsp3) is 0.375. The third-order valence-electron chi connectivity index (χ3n) is 4.14. The van der Waals surface area contributed by atoms with Gasteiger partial charge in [0, 0.05) is 26.2 Å². The Labute approximate surface area is 144 Å². The number of benzene rings is 1. The lowest BCUT2D eigenvalue weighted by molar-refractivity contribution is 0.444. The van der Waals surface area contributed by atoms with Crippen LogP contribution in [0.5, 0.6) is 0 Å². The highest BCUT2D eigenvalue weighted by Crippen LogP contribution is 2.25. The normalized spacial score (nSPS) is 14.4. The van der Waals surface area contributed by atoms with E-state index in [-0.39, 0.29) is 12.1 Å². The van der Waals surface area contributed by atoms with Crippen molar-refractivity contribution in [3.05, 3.63) is 47.0 Å². The average molecular weight is 366 g/mol. The van der Waals surface area contributed by atoms with Crippen LogP contribution in [0.2, 0.25) is 0 Å². The summed E-state index contributed by atoms with van der Waals surface area (Å²) in [6.07, 6.45) is 4.67. The molecule has 0 saturated carbocycles. The van der Waals surface area contributed by atoms with Crippen LogP contribution in [0.15, 0.2) is 23.2 Å². The van der Waals surface area contributed by atoms with Crippen molar-refractivity contribution in [2.45, 2.75) is 37.2 Å². The van der Waals surface area contributed by atoms with E-state index in [1.807, 2.05) is 4.57 Å². The fourth-order valence-corrected chi connectivity index (χ4v) is 4.11. The molecule has 0 spiro atoms. The molecule has 0 unspecified atom stereocenters. The molecule has 0 fully saturated rings. The number of rotatable bonds is 4. The summed E-state index contributed by atoms with van der Waals surface area (Å²) in [7, 11) is -3.16. The molecule has 0 aliphatic carbocycles. The van der Waals surface area contributed by atoms with E-state index in [1.165, 1.54) is 7.05 Å². The summed E-state index contributed by atoms with van der Waals surface area (Å²) in [4.78, 5) is 3.34. The van der Waals surface area contributed by atoms with Crippen molar-refractivity contribution in [2.24, 2.45) is 0 Å². The van der Waals surface area contributed by atoms with Crippen LogP contribution < -0.4 is 0 Å². The summed E-state index contributed by atoms with van der Waals surface area (Å²) in [5, 5.41) is 8.71. The second kappa shape index (κ2) is 6.54. The molecule has 1 aliphatic heterocycles. The van der Waals surface area contributed by atoms with Crippen LogP contribution in [0.3, 0.4) is 0 Å². The summed E-state index contributed by atoms with van der Waals surface area (Å²) >= 11 is 0. The van der Waals surface area contributed by atoms with Gasteiger partial charge in [0.05, 0.1) is 23.9 Å². The standard InChI is InChI=1S/C16H16F2N4O2S/c1-21(9-12-10-22-5-3-2-4-15(22)20-12)25(23,24)16-13(17)6-11(8-19)7-14(16)18/h6-7,10H,2-5,9H2,1H3. The zero-order valence-corrected chi connectivity index (χ0v) is 14.4. The molecule has 25 heavy (non-hydrogen) atoms. The summed E-state index contributed by atoms with van der Waals surface area (Å²) in [6, 6.07) is 3.00. The Balaban J connectivity index is 1.90. The Morgan fingerprint density at radius 3 is 2.60 bits per heavy atom. The fourth-order valence-electron chi connectivity index (χ4n) is 2.89. The highest BCUT2D eigenvalue weighted by atomic mass is 32.2. The monoisotopic (exact) mass is 366 g/mol. The van der Waals surface area contributed by atoms with E-state index >= 15 is 0 Å². The number of fused-ring (bicyclic) bond motifs is 1. The van der Waals surface area contributed by atoms with Crippen LogP contribution in [0, 0.1) is 23.0 Å². The third-order valence-corrected chi connectivity index (χ3v) is 5.99. The van der Waals surface area contributed by atoms with E-state index in [9.17, 15) is 17.2 Å². The first-order chi connectivity index (χ1) is 11.8. The smallest absolute Gasteiger partial charge is 0.249 e. The number of aromatic nitrogens is 2. The quantitative estimate of drug-likeness (QED) is 0.831. The Morgan fingerprint density at radius 2 is 2.00 bits per heavy atom. The maximum absolute atomic E-state index is 14.1. The second-order valence-electron chi connectivity index (χ2n) is 5.94. The molecule has 2 aromatic rings. The van der Waals surface area contributed by atoms with Gasteiger partial charge in [0.15, 0.2) is 4.90 Å². The Morgan fingerprint density at radius 1 is 1.32 bits per heavy atom. The van der Waals surface area contributed by atoms with Crippen LogP contribution in [-0.4, -0.2) is 29.3 Å². The zero-order chi connectivity index (χ0) is 18.2. The van der Waals surface area contributed by atoms with Gasteiger partial charge in [-0.3, -0.25) is 0 Å². The Bertz CT molecular complexity index is 916. The molecule has 2 heterocycles. The van der Waals surface area contributed by atoms with E-state index < -0.39 is 26.6 Å². The predicted octanol–water partition coefficient (Wildman–Crippen LogP) is 2.19. The minimum atomic E-state index is -4.40. The average Bonchev–Trinajstić information content (AvgIpc) is 2.95. The molecule has 1 aromatic carbocycles. The van der Waals surface area contributed by atoms with Crippen LogP contribution >= 0.6 is 0 Å². The molecule has 0 bridgehead atoms. The molecule has 6 nitrogen and oxygen atoms in total. The Hall–Kier alpha value is -2.31. The van der Waals surface area contributed by atoms with Crippen LogP contribution in [0.25, 0.3) is 0 Å². The van der Waals surface area contributed by atoms with Crippen molar-refractivity contribution in [1.82, 2.24) is 13.9 Å². The molecule has 0 saturated heterocycles. The van der Waals surface area contributed by atoms with Crippen molar-refractivity contribution in [2.75, 3.05) is 7.05 Å². The first kappa shape index (κ1) is 17.5.